The molecule has 0 unspecified atom stereocenters. The second kappa shape index (κ2) is 7.32. The summed E-state index contributed by atoms with van der Waals surface area (Å²) in [5, 5.41) is 24.4. The van der Waals surface area contributed by atoms with Crippen LogP contribution < -0.4 is 5.32 Å². The van der Waals surface area contributed by atoms with Crippen LogP contribution >= 0.6 is 0 Å². The smallest absolute Gasteiger partial charge is 0.257 e. The first-order valence-electron chi connectivity index (χ1n) is 9.05. The van der Waals surface area contributed by atoms with E-state index in [9.17, 15) is 9.90 Å². The summed E-state index contributed by atoms with van der Waals surface area (Å²) in [6, 6.07) is 9.52. The van der Waals surface area contributed by atoms with Gasteiger partial charge in [-0.25, -0.2) is 0 Å². The van der Waals surface area contributed by atoms with Crippen molar-refractivity contribution in [1.29, 1.82) is 0 Å². The zero-order valence-corrected chi connectivity index (χ0v) is 15.0. The number of carbonyl (C=O) groups excluding carboxylic acids is 1. The Labute approximate surface area is 156 Å². The zero-order chi connectivity index (χ0) is 18.8. The van der Waals surface area contributed by atoms with Crippen molar-refractivity contribution >= 4 is 5.91 Å². The van der Waals surface area contributed by atoms with Crippen molar-refractivity contribution in [3.8, 4) is 11.3 Å². The van der Waals surface area contributed by atoms with Gasteiger partial charge in [0.2, 0.25) is 0 Å². The Morgan fingerprint density at radius 1 is 1.30 bits per heavy atom. The molecule has 27 heavy (non-hydrogen) atoms. The van der Waals surface area contributed by atoms with Crippen LogP contribution in [0.25, 0.3) is 11.3 Å². The van der Waals surface area contributed by atoms with Crippen LogP contribution in [0.3, 0.4) is 0 Å². The largest absolute Gasteiger partial charge is 0.388 e. The van der Waals surface area contributed by atoms with Gasteiger partial charge in [0.15, 0.2) is 11.6 Å². The van der Waals surface area contributed by atoms with E-state index in [1.165, 1.54) is 6.20 Å². The molecule has 1 fully saturated rings. The molecule has 1 amide bonds. The summed E-state index contributed by atoms with van der Waals surface area (Å²) in [6.07, 6.45) is 3.04. The molecule has 2 aromatic heterocycles. The van der Waals surface area contributed by atoms with Gasteiger partial charge in [-0.1, -0.05) is 35.5 Å². The van der Waals surface area contributed by atoms with Crippen LogP contribution in [0.15, 0.2) is 41.1 Å². The van der Waals surface area contributed by atoms with Gasteiger partial charge in [-0.2, -0.15) is 0 Å². The zero-order valence-electron chi connectivity index (χ0n) is 15.0. The average molecular weight is 367 g/mol. The average Bonchev–Trinajstić information content (AvgIpc) is 3.31. The van der Waals surface area contributed by atoms with Crippen LogP contribution in [0.4, 0.5) is 0 Å². The Morgan fingerprint density at radius 2 is 2.07 bits per heavy atom. The lowest BCUT2D eigenvalue weighted by atomic mass is 9.79. The van der Waals surface area contributed by atoms with E-state index < -0.39 is 0 Å². The number of nitrogens with zero attached hydrogens (tertiary/aromatic N) is 4. The third-order valence-corrected chi connectivity index (χ3v) is 5.00. The van der Waals surface area contributed by atoms with Crippen molar-refractivity contribution in [2.45, 2.75) is 44.9 Å². The predicted molar refractivity (Wildman–Crippen MR) is 96.8 cm³/mol. The van der Waals surface area contributed by atoms with Gasteiger partial charge >= 0.3 is 0 Å². The van der Waals surface area contributed by atoms with Gasteiger partial charge in [0.25, 0.3) is 5.91 Å². The summed E-state index contributed by atoms with van der Waals surface area (Å²) in [6.45, 7) is 2.59. The Hall–Kier alpha value is -3.00. The molecule has 140 valence electrons. The molecule has 0 saturated heterocycles. The van der Waals surface area contributed by atoms with Crippen LogP contribution in [0, 0.1) is 0 Å². The van der Waals surface area contributed by atoms with Crippen molar-refractivity contribution in [3.63, 3.8) is 0 Å². The third kappa shape index (κ3) is 3.23. The number of carbonyl (C=O) groups is 1. The third-order valence-electron chi connectivity index (χ3n) is 5.00. The van der Waals surface area contributed by atoms with Gasteiger partial charge in [-0.15, -0.1) is 10.2 Å². The van der Waals surface area contributed by atoms with Crippen molar-refractivity contribution in [1.82, 2.24) is 25.2 Å². The molecule has 0 atom stereocenters. The molecule has 1 saturated carbocycles. The second-order valence-corrected chi connectivity index (χ2v) is 6.65. The molecular weight excluding hydrogens is 346 g/mol. The Kier molecular flexibility index (Phi) is 4.72. The molecule has 8 heteroatoms. The Morgan fingerprint density at radius 3 is 2.78 bits per heavy atom. The van der Waals surface area contributed by atoms with Crippen LogP contribution in [0.5, 0.6) is 0 Å². The molecule has 0 spiro atoms. The van der Waals surface area contributed by atoms with Crippen molar-refractivity contribution in [2.24, 2.45) is 0 Å². The van der Waals surface area contributed by atoms with E-state index in [2.05, 4.69) is 20.7 Å². The topological polar surface area (TPSA) is 106 Å². The molecule has 1 aromatic carbocycles. The molecule has 0 bridgehead atoms. The summed E-state index contributed by atoms with van der Waals surface area (Å²) in [4.78, 5) is 12.6. The summed E-state index contributed by atoms with van der Waals surface area (Å²) < 4.78 is 7.23. The minimum absolute atomic E-state index is 0.0700. The molecule has 1 aliphatic rings. The minimum Gasteiger partial charge on any atom is -0.388 e. The number of hydrogen-bond donors (Lipinski definition) is 2. The Balaban J connectivity index is 1.41. The SMILES string of the molecule is CCn1c(CO)nnc1C1CC(NC(=O)c2cnoc2-c2ccccc2)C1. The quantitative estimate of drug-likeness (QED) is 0.691. The van der Waals surface area contributed by atoms with Gasteiger partial charge in [-0.05, 0) is 19.8 Å². The van der Waals surface area contributed by atoms with E-state index in [1.807, 2.05) is 41.8 Å². The van der Waals surface area contributed by atoms with E-state index in [4.69, 9.17) is 4.52 Å². The number of aliphatic hydroxyl groups excluding tert-OH is 1. The van der Waals surface area contributed by atoms with Crippen LogP contribution in [-0.4, -0.2) is 37.0 Å². The highest BCUT2D eigenvalue weighted by atomic mass is 16.5. The maximum Gasteiger partial charge on any atom is 0.257 e. The minimum atomic E-state index is -0.188. The van der Waals surface area contributed by atoms with Crippen molar-refractivity contribution in [2.75, 3.05) is 0 Å². The van der Waals surface area contributed by atoms with Crippen LogP contribution in [0.1, 0.15) is 47.7 Å². The predicted octanol–water partition coefficient (Wildman–Crippen LogP) is 2.12. The highest BCUT2D eigenvalue weighted by molar-refractivity contribution is 5.99. The van der Waals surface area contributed by atoms with E-state index in [0.717, 1.165) is 24.2 Å². The number of benzene rings is 1. The molecule has 0 radical (unpaired) electrons. The van der Waals surface area contributed by atoms with E-state index in [-0.39, 0.29) is 24.5 Å². The number of nitrogens with one attached hydrogen (secondary N) is 1. The molecule has 4 rings (SSSR count). The maximum atomic E-state index is 12.6. The summed E-state index contributed by atoms with van der Waals surface area (Å²) >= 11 is 0. The molecule has 8 nitrogen and oxygen atoms in total. The normalized spacial score (nSPS) is 18.9. The molecular formula is C19H21N5O3. The number of aromatic nitrogens is 4. The highest BCUT2D eigenvalue weighted by Crippen LogP contribution is 2.36. The van der Waals surface area contributed by atoms with E-state index in [1.54, 1.807) is 0 Å². The maximum absolute atomic E-state index is 12.6. The summed E-state index contributed by atoms with van der Waals surface area (Å²) in [5.74, 6) is 1.98. The highest BCUT2D eigenvalue weighted by Gasteiger charge is 2.36. The van der Waals surface area contributed by atoms with Crippen LogP contribution in [-0.2, 0) is 13.2 Å². The lowest BCUT2D eigenvalue weighted by Gasteiger charge is -2.35. The molecule has 3 aromatic rings. The van der Waals surface area contributed by atoms with Gasteiger partial charge in [0.1, 0.15) is 18.0 Å². The van der Waals surface area contributed by atoms with Crippen molar-refractivity contribution in [3.05, 3.63) is 53.7 Å². The number of aliphatic hydroxyl groups is 1. The molecule has 2 N–H and O–H groups in total. The summed E-state index contributed by atoms with van der Waals surface area (Å²) in [7, 11) is 0. The monoisotopic (exact) mass is 367 g/mol. The fourth-order valence-electron chi connectivity index (χ4n) is 3.52. The number of hydrogen-bond acceptors (Lipinski definition) is 6. The second-order valence-electron chi connectivity index (χ2n) is 6.65. The molecule has 2 heterocycles. The van der Waals surface area contributed by atoms with Gasteiger partial charge < -0.3 is 19.5 Å². The standard InChI is InChI=1S/C19H21N5O3/c1-2-24-16(11-25)22-23-18(24)13-8-14(9-13)21-19(26)15-10-20-27-17(15)12-6-4-3-5-7-12/h3-7,10,13-14,25H,2,8-9,11H2,1H3,(H,21,26). The lowest BCUT2D eigenvalue weighted by Crippen LogP contribution is -2.44. The number of amides is 1. The fourth-order valence-corrected chi connectivity index (χ4v) is 3.52. The summed E-state index contributed by atoms with van der Waals surface area (Å²) in [5.41, 5.74) is 1.25. The first-order chi connectivity index (χ1) is 13.2. The lowest BCUT2D eigenvalue weighted by molar-refractivity contribution is 0.0907. The Bertz CT molecular complexity index is 928. The van der Waals surface area contributed by atoms with Gasteiger partial charge in [0, 0.05) is 24.1 Å². The van der Waals surface area contributed by atoms with Gasteiger partial charge in [-0.3, -0.25) is 4.79 Å². The van der Waals surface area contributed by atoms with E-state index >= 15 is 0 Å². The van der Waals surface area contributed by atoms with Crippen molar-refractivity contribution < 1.29 is 14.4 Å². The van der Waals surface area contributed by atoms with E-state index in [0.29, 0.717) is 23.7 Å². The molecule has 1 aliphatic carbocycles. The fraction of sp³-hybridized carbons (Fsp3) is 0.368. The van der Waals surface area contributed by atoms with Crippen LogP contribution in [0.2, 0.25) is 0 Å². The number of rotatable bonds is 6. The first-order valence-corrected chi connectivity index (χ1v) is 9.05. The van der Waals surface area contributed by atoms with Gasteiger partial charge in [0.05, 0.1) is 6.20 Å². The first kappa shape index (κ1) is 17.4. The molecule has 0 aliphatic heterocycles.